The van der Waals surface area contributed by atoms with Crippen molar-refractivity contribution in [2.24, 2.45) is 0 Å². The highest BCUT2D eigenvalue weighted by Crippen LogP contribution is 2.28. The number of carbonyl (C=O) groups is 1. The summed E-state index contributed by atoms with van der Waals surface area (Å²) in [5.41, 5.74) is 5.58. The van der Waals surface area contributed by atoms with Crippen molar-refractivity contribution in [2.75, 3.05) is 17.7 Å². The molecule has 0 bridgehead atoms. The molecule has 2 aromatic carbocycles. The maximum absolute atomic E-state index is 13.6. The smallest absolute Gasteiger partial charge is 0.261 e. The molecule has 2 rings (SSSR count). The van der Waals surface area contributed by atoms with Crippen LogP contribution in [0.2, 0.25) is 5.02 Å². The fourth-order valence-electron chi connectivity index (χ4n) is 1.79. The van der Waals surface area contributed by atoms with Crippen LogP contribution in [0.4, 0.5) is 24.5 Å². The van der Waals surface area contributed by atoms with Crippen LogP contribution >= 0.6 is 11.6 Å². The zero-order valence-electron chi connectivity index (χ0n) is 10.8. The molecule has 0 radical (unpaired) electrons. The average Bonchev–Trinajstić information content (AvgIpc) is 2.46. The van der Waals surface area contributed by atoms with Gasteiger partial charge in [0.25, 0.3) is 5.91 Å². The van der Waals surface area contributed by atoms with E-state index in [1.165, 1.54) is 25.2 Å². The van der Waals surface area contributed by atoms with Gasteiger partial charge < -0.3 is 10.6 Å². The highest BCUT2D eigenvalue weighted by molar-refractivity contribution is 6.31. The van der Waals surface area contributed by atoms with Gasteiger partial charge in [-0.15, -0.1) is 0 Å². The third-order valence-corrected chi connectivity index (χ3v) is 3.16. The van der Waals surface area contributed by atoms with Crippen LogP contribution in [0.1, 0.15) is 10.4 Å². The van der Waals surface area contributed by atoms with Gasteiger partial charge in [0, 0.05) is 12.1 Å². The quantitative estimate of drug-likeness (QED) is 0.680. The highest BCUT2D eigenvalue weighted by atomic mass is 35.5. The van der Waals surface area contributed by atoms with E-state index in [2.05, 4.69) is 0 Å². The van der Waals surface area contributed by atoms with E-state index in [0.717, 1.165) is 11.0 Å². The topological polar surface area (TPSA) is 46.3 Å². The number of nitrogens with zero attached hydrogens (tertiary/aromatic N) is 1. The van der Waals surface area contributed by atoms with Crippen molar-refractivity contribution >= 4 is 28.9 Å². The summed E-state index contributed by atoms with van der Waals surface area (Å²) in [5.74, 6) is -5.49. The molecule has 7 heteroatoms. The number of nitrogen functional groups attached to an aromatic ring is 1. The van der Waals surface area contributed by atoms with E-state index < -0.39 is 28.9 Å². The Morgan fingerprint density at radius 1 is 1.14 bits per heavy atom. The predicted molar refractivity (Wildman–Crippen MR) is 74.9 cm³/mol. The predicted octanol–water partition coefficient (Wildman–Crippen LogP) is 3.62. The van der Waals surface area contributed by atoms with Crippen LogP contribution in [0.5, 0.6) is 0 Å². The summed E-state index contributed by atoms with van der Waals surface area (Å²) in [5, 5.41) is 0.324. The van der Waals surface area contributed by atoms with Crippen LogP contribution in [0.25, 0.3) is 0 Å². The number of benzene rings is 2. The largest absolute Gasteiger partial charge is 0.397 e. The van der Waals surface area contributed by atoms with E-state index in [1.807, 2.05) is 0 Å². The Balaban J connectivity index is 2.45. The van der Waals surface area contributed by atoms with Crippen LogP contribution in [0.15, 0.2) is 30.3 Å². The van der Waals surface area contributed by atoms with Gasteiger partial charge in [-0.05, 0) is 30.3 Å². The standard InChI is InChI=1S/C14H10ClF3N2O/c1-20(11-6-7(15)2-5-10(11)19)14(21)8-3-4-9(16)13(18)12(8)17/h2-6H,19H2,1H3. The van der Waals surface area contributed by atoms with Crippen molar-refractivity contribution in [1.29, 1.82) is 0 Å². The number of rotatable bonds is 2. The molecule has 21 heavy (non-hydrogen) atoms. The second kappa shape index (κ2) is 5.65. The Hall–Kier alpha value is -2.21. The lowest BCUT2D eigenvalue weighted by Crippen LogP contribution is -2.28. The molecule has 1 amide bonds. The maximum atomic E-state index is 13.6. The van der Waals surface area contributed by atoms with Gasteiger partial charge in [-0.2, -0.15) is 0 Å². The summed E-state index contributed by atoms with van der Waals surface area (Å²) in [6.07, 6.45) is 0. The van der Waals surface area contributed by atoms with E-state index in [4.69, 9.17) is 17.3 Å². The molecule has 0 unspecified atom stereocenters. The van der Waals surface area contributed by atoms with Gasteiger partial charge >= 0.3 is 0 Å². The van der Waals surface area contributed by atoms with Gasteiger partial charge in [0.1, 0.15) is 0 Å². The first-order valence-electron chi connectivity index (χ1n) is 5.79. The SMILES string of the molecule is CN(C(=O)c1ccc(F)c(F)c1F)c1cc(Cl)ccc1N. The molecule has 0 aromatic heterocycles. The first kappa shape index (κ1) is 15.2. The monoisotopic (exact) mass is 314 g/mol. The molecule has 2 N–H and O–H groups in total. The number of carbonyl (C=O) groups excluding carboxylic acids is 1. The van der Waals surface area contributed by atoms with Crippen LogP contribution in [0, 0.1) is 17.5 Å². The van der Waals surface area contributed by atoms with Gasteiger partial charge in [0.15, 0.2) is 17.5 Å². The molecule has 0 atom stereocenters. The van der Waals surface area contributed by atoms with E-state index in [1.54, 1.807) is 0 Å². The third kappa shape index (κ3) is 2.80. The molecule has 0 saturated carbocycles. The molecule has 0 aliphatic heterocycles. The van der Waals surface area contributed by atoms with E-state index >= 15 is 0 Å². The lowest BCUT2D eigenvalue weighted by Gasteiger charge is -2.20. The van der Waals surface area contributed by atoms with E-state index in [9.17, 15) is 18.0 Å². The summed E-state index contributed by atoms with van der Waals surface area (Å²) in [7, 11) is 1.32. The molecule has 0 aliphatic carbocycles. The second-order valence-electron chi connectivity index (χ2n) is 4.29. The Bertz CT molecular complexity index is 722. The average molecular weight is 315 g/mol. The van der Waals surface area contributed by atoms with Gasteiger partial charge in [-0.25, -0.2) is 13.2 Å². The molecule has 3 nitrogen and oxygen atoms in total. The molecule has 110 valence electrons. The number of nitrogens with two attached hydrogens (primary N) is 1. The van der Waals surface area contributed by atoms with Crippen molar-refractivity contribution in [3.05, 3.63) is 58.4 Å². The number of amides is 1. The fourth-order valence-corrected chi connectivity index (χ4v) is 1.95. The highest BCUT2D eigenvalue weighted by Gasteiger charge is 2.23. The van der Waals surface area contributed by atoms with Gasteiger partial charge in [-0.1, -0.05) is 11.6 Å². The summed E-state index contributed by atoms with van der Waals surface area (Å²) in [6, 6.07) is 5.96. The zero-order valence-corrected chi connectivity index (χ0v) is 11.6. The van der Waals surface area contributed by atoms with E-state index in [-0.39, 0.29) is 11.4 Å². The Morgan fingerprint density at radius 3 is 2.48 bits per heavy atom. The van der Waals surface area contributed by atoms with Crippen LogP contribution < -0.4 is 10.6 Å². The number of halogens is 4. The summed E-state index contributed by atoms with van der Waals surface area (Å²) in [4.78, 5) is 13.2. The molecule has 2 aromatic rings. The van der Waals surface area contributed by atoms with E-state index in [0.29, 0.717) is 11.1 Å². The van der Waals surface area contributed by atoms with Crippen LogP contribution in [-0.4, -0.2) is 13.0 Å². The molecule has 0 saturated heterocycles. The molecule has 0 aliphatic rings. The zero-order chi connectivity index (χ0) is 15.7. The Labute approximate surface area is 123 Å². The molecule has 0 heterocycles. The van der Waals surface area contributed by atoms with Crippen molar-refractivity contribution in [1.82, 2.24) is 0 Å². The molecular formula is C14H10ClF3N2O. The van der Waals surface area contributed by atoms with Crippen LogP contribution in [0.3, 0.4) is 0 Å². The summed E-state index contributed by atoms with van der Waals surface area (Å²) < 4.78 is 39.7. The van der Waals surface area contributed by atoms with Gasteiger partial charge in [0.2, 0.25) is 0 Å². The minimum Gasteiger partial charge on any atom is -0.397 e. The number of hydrogen-bond acceptors (Lipinski definition) is 2. The first-order valence-corrected chi connectivity index (χ1v) is 6.17. The minimum atomic E-state index is -1.70. The van der Waals surface area contributed by atoms with Crippen molar-refractivity contribution in [3.63, 3.8) is 0 Å². The first-order chi connectivity index (χ1) is 9.82. The molecular weight excluding hydrogens is 305 g/mol. The summed E-state index contributed by atoms with van der Waals surface area (Å²) >= 11 is 5.81. The van der Waals surface area contributed by atoms with Crippen LogP contribution in [-0.2, 0) is 0 Å². The van der Waals surface area contributed by atoms with Crippen molar-refractivity contribution in [2.45, 2.75) is 0 Å². The normalized spacial score (nSPS) is 10.5. The molecule has 0 fully saturated rings. The van der Waals surface area contributed by atoms with Gasteiger partial charge in [0.05, 0.1) is 16.9 Å². The Kier molecular flexibility index (Phi) is 4.09. The second-order valence-corrected chi connectivity index (χ2v) is 4.73. The lowest BCUT2D eigenvalue weighted by atomic mass is 10.1. The van der Waals surface area contributed by atoms with Gasteiger partial charge in [-0.3, -0.25) is 4.79 Å². The minimum absolute atomic E-state index is 0.233. The fraction of sp³-hybridized carbons (Fsp3) is 0.0714. The lowest BCUT2D eigenvalue weighted by molar-refractivity contribution is 0.0988. The van der Waals surface area contributed by atoms with Crippen molar-refractivity contribution < 1.29 is 18.0 Å². The Morgan fingerprint density at radius 2 is 1.81 bits per heavy atom. The third-order valence-electron chi connectivity index (χ3n) is 2.92. The summed E-state index contributed by atoms with van der Waals surface area (Å²) in [6.45, 7) is 0. The molecule has 0 spiro atoms. The maximum Gasteiger partial charge on any atom is 0.261 e. The number of anilines is 2. The van der Waals surface area contributed by atoms with Crippen molar-refractivity contribution in [3.8, 4) is 0 Å². The number of hydrogen-bond donors (Lipinski definition) is 1.